The van der Waals surface area contributed by atoms with Crippen LogP contribution in [0.1, 0.15) is 38.8 Å². The Bertz CT molecular complexity index is 644. The lowest BCUT2D eigenvalue weighted by Crippen LogP contribution is -2.50. The molecule has 24 heavy (non-hydrogen) atoms. The number of nitrogens with zero attached hydrogens (tertiary/aromatic N) is 2. The molecular weight excluding hydrogens is 294 g/mol. The van der Waals surface area contributed by atoms with E-state index in [9.17, 15) is 0 Å². The third kappa shape index (κ3) is 3.97. The number of hydrogen-bond acceptors (Lipinski definition) is 1. The van der Waals surface area contributed by atoms with Gasteiger partial charge < -0.3 is 9.80 Å². The molecule has 1 N–H and O–H groups in total. The number of guanidine groups is 1. The molecule has 0 aliphatic heterocycles. The van der Waals surface area contributed by atoms with Crippen LogP contribution in [0.5, 0.6) is 0 Å². The summed E-state index contributed by atoms with van der Waals surface area (Å²) in [5.74, 6) is 0.510. The molecule has 0 unspecified atom stereocenters. The molecule has 0 fully saturated rings. The van der Waals surface area contributed by atoms with E-state index in [1.165, 1.54) is 11.1 Å². The van der Waals surface area contributed by atoms with E-state index in [1.807, 2.05) is 0 Å². The van der Waals surface area contributed by atoms with Crippen molar-refractivity contribution < 1.29 is 0 Å². The van der Waals surface area contributed by atoms with E-state index in [0.717, 1.165) is 11.4 Å². The molecule has 128 valence electrons. The zero-order chi connectivity index (χ0) is 17.9. The predicted molar refractivity (Wildman–Crippen MR) is 105 cm³/mol. The maximum Gasteiger partial charge on any atom is 0.203 e. The van der Waals surface area contributed by atoms with Crippen LogP contribution >= 0.6 is 0 Å². The first-order valence-corrected chi connectivity index (χ1v) is 8.61. The highest BCUT2D eigenvalue weighted by molar-refractivity contribution is 6.05. The third-order valence-electron chi connectivity index (χ3n) is 4.05. The molecule has 0 atom stereocenters. The van der Waals surface area contributed by atoms with Gasteiger partial charge in [-0.2, -0.15) is 0 Å². The van der Waals surface area contributed by atoms with Crippen LogP contribution in [0.25, 0.3) is 0 Å². The molecule has 0 spiro atoms. The van der Waals surface area contributed by atoms with Crippen LogP contribution in [-0.4, -0.2) is 18.0 Å². The first-order valence-electron chi connectivity index (χ1n) is 8.61. The normalized spacial score (nSPS) is 11.0. The lowest BCUT2D eigenvalue weighted by Gasteiger charge is -2.38. The number of anilines is 2. The zero-order valence-corrected chi connectivity index (χ0v) is 15.7. The van der Waals surface area contributed by atoms with Crippen molar-refractivity contribution in [2.24, 2.45) is 0 Å². The highest BCUT2D eigenvalue weighted by Crippen LogP contribution is 2.25. The molecule has 0 saturated heterocycles. The maximum absolute atomic E-state index is 8.93. The van der Waals surface area contributed by atoms with Crippen molar-refractivity contribution in [1.29, 1.82) is 5.41 Å². The molecule has 0 heterocycles. The van der Waals surface area contributed by atoms with Gasteiger partial charge in [-0.05, 0) is 76.9 Å². The average molecular weight is 323 g/mol. The Morgan fingerprint density at radius 2 is 1.12 bits per heavy atom. The van der Waals surface area contributed by atoms with Crippen molar-refractivity contribution in [3.05, 3.63) is 59.7 Å². The van der Waals surface area contributed by atoms with Gasteiger partial charge in [0.25, 0.3) is 0 Å². The van der Waals surface area contributed by atoms with Crippen molar-refractivity contribution in [2.75, 3.05) is 9.80 Å². The Morgan fingerprint density at radius 3 is 1.42 bits per heavy atom. The zero-order valence-electron chi connectivity index (χ0n) is 15.7. The molecular formula is C21H29N3. The van der Waals surface area contributed by atoms with Crippen molar-refractivity contribution in [3.63, 3.8) is 0 Å². The minimum atomic E-state index is 0.199. The second-order valence-electron chi connectivity index (χ2n) is 6.93. The largest absolute Gasteiger partial charge is 0.310 e. The van der Waals surface area contributed by atoms with E-state index in [-0.39, 0.29) is 12.1 Å². The molecule has 0 saturated carbocycles. The Hall–Kier alpha value is -2.29. The maximum atomic E-state index is 8.93. The monoisotopic (exact) mass is 323 g/mol. The highest BCUT2D eigenvalue weighted by atomic mass is 15.4. The van der Waals surface area contributed by atoms with Crippen molar-refractivity contribution in [3.8, 4) is 0 Å². The first kappa shape index (κ1) is 18.1. The van der Waals surface area contributed by atoms with Gasteiger partial charge in [-0.15, -0.1) is 0 Å². The number of nitrogens with one attached hydrogen (secondary N) is 1. The lowest BCUT2D eigenvalue weighted by molar-refractivity contribution is 0.746. The fourth-order valence-electron chi connectivity index (χ4n) is 3.00. The SMILES string of the molecule is Cc1cccc(N(C(=N)N(c2cccc(C)c2)C(C)C)C(C)C)c1. The van der Waals surface area contributed by atoms with E-state index < -0.39 is 0 Å². The predicted octanol–water partition coefficient (Wildman–Crippen LogP) is 5.37. The van der Waals surface area contributed by atoms with Gasteiger partial charge in [-0.25, -0.2) is 0 Å². The Morgan fingerprint density at radius 1 is 0.750 bits per heavy atom. The summed E-state index contributed by atoms with van der Waals surface area (Å²) >= 11 is 0. The fraction of sp³-hybridized carbons (Fsp3) is 0.381. The Kier molecular flexibility index (Phi) is 5.66. The molecule has 0 amide bonds. The fourth-order valence-corrected chi connectivity index (χ4v) is 3.00. The molecule has 3 heteroatoms. The van der Waals surface area contributed by atoms with Crippen LogP contribution < -0.4 is 9.80 Å². The molecule has 0 radical (unpaired) electrons. The van der Waals surface area contributed by atoms with Gasteiger partial charge in [0.1, 0.15) is 0 Å². The van der Waals surface area contributed by atoms with E-state index in [2.05, 4.69) is 99.9 Å². The first-order chi connectivity index (χ1) is 11.3. The van der Waals surface area contributed by atoms with Gasteiger partial charge in [0.2, 0.25) is 5.96 Å². The summed E-state index contributed by atoms with van der Waals surface area (Å²) < 4.78 is 0. The van der Waals surface area contributed by atoms with Crippen LogP contribution in [-0.2, 0) is 0 Å². The van der Waals surface area contributed by atoms with E-state index in [4.69, 9.17) is 5.41 Å². The van der Waals surface area contributed by atoms with E-state index >= 15 is 0 Å². The number of hydrogen-bond donors (Lipinski definition) is 1. The molecule has 3 nitrogen and oxygen atoms in total. The summed E-state index contributed by atoms with van der Waals surface area (Å²) in [5.41, 5.74) is 4.54. The standard InChI is InChI=1S/C21H29N3/c1-15(2)23(19-11-7-9-17(5)13-19)21(22)24(16(3)4)20-12-8-10-18(6)14-20/h7-16,22H,1-6H3. The molecule has 0 bridgehead atoms. The number of rotatable bonds is 4. The summed E-state index contributed by atoms with van der Waals surface area (Å²) in [6.07, 6.45) is 0. The summed E-state index contributed by atoms with van der Waals surface area (Å²) in [7, 11) is 0. The van der Waals surface area contributed by atoms with Crippen molar-refractivity contribution >= 4 is 17.3 Å². The van der Waals surface area contributed by atoms with Crippen LogP contribution in [0.15, 0.2) is 48.5 Å². The quantitative estimate of drug-likeness (QED) is 0.606. The minimum absolute atomic E-state index is 0.199. The number of benzene rings is 2. The summed E-state index contributed by atoms with van der Waals surface area (Å²) in [4.78, 5) is 4.19. The van der Waals surface area contributed by atoms with Crippen molar-refractivity contribution in [2.45, 2.75) is 53.6 Å². The van der Waals surface area contributed by atoms with Gasteiger partial charge in [-0.1, -0.05) is 24.3 Å². The molecule has 2 rings (SSSR count). The molecule has 0 aromatic heterocycles. The van der Waals surface area contributed by atoms with Gasteiger partial charge in [-0.3, -0.25) is 5.41 Å². The van der Waals surface area contributed by atoms with Gasteiger partial charge in [0.05, 0.1) is 0 Å². The van der Waals surface area contributed by atoms with E-state index in [1.54, 1.807) is 0 Å². The van der Waals surface area contributed by atoms with Gasteiger partial charge in [0, 0.05) is 23.5 Å². The molecule has 2 aromatic rings. The number of aryl methyl sites for hydroxylation is 2. The highest BCUT2D eigenvalue weighted by Gasteiger charge is 2.24. The summed E-state index contributed by atoms with van der Waals surface area (Å²) in [5, 5.41) is 8.93. The van der Waals surface area contributed by atoms with Crippen LogP contribution in [0, 0.1) is 19.3 Å². The molecule has 2 aromatic carbocycles. The summed E-state index contributed by atoms with van der Waals surface area (Å²) in [6, 6.07) is 17.1. The molecule has 0 aliphatic carbocycles. The van der Waals surface area contributed by atoms with Gasteiger partial charge in [0.15, 0.2) is 0 Å². The Labute approximate surface area is 146 Å². The topological polar surface area (TPSA) is 30.3 Å². The Balaban J connectivity index is 2.46. The second-order valence-corrected chi connectivity index (χ2v) is 6.93. The minimum Gasteiger partial charge on any atom is -0.310 e. The van der Waals surface area contributed by atoms with Crippen LogP contribution in [0.2, 0.25) is 0 Å². The van der Waals surface area contributed by atoms with E-state index in [0.29, 0.717) is 5.96 Å². The van der Waals surface area contributed by atoms with Gasteiger partial charge >= 0.3 is 0 Å². The molecule has 0 aliphatic rings. The smallest absolute Gasteiger partial charge is 0.203 e. The summed E-state index contributed by atoms with van der Waals surface area (Å²) in [6.45, 7) is 12.7. The van der Waals surface area contributed by atoms with Crippen LogP contribution in [0.3, 0.4) is 0 Å². The second kappa shape index (κ2) is 7.52. The average Bonchev–Trinajstić information content (AvgIpc) is 2.46. The van der Waals surface area contributed by atoms with Crippen molar-refractivity contribution in [1.82, 2.24) is 0 Å². The van der Waals surface area contributed by atoms with Crippen LogP contribution in [0.4, 0.5) is 11.4 Å². The lowest BCUT2D eigenvalue weighted by atomic mass is 10.1. The third-order valence-corrected chi connectivity index (χ3v) is 4.05.